The molecule has 0 aliphatic heterocycles. The van der Waals surface area contributed by atoms with Gasteiger partial charge in [0.15, 0.2) is 0 Å². The van der Waals surface area contributed by atoms with Gasteiger partial charge in [-0.25, -0.2) is 0 Å². The average molecular weight is 396 g/mol. The van der Waals surface area contributed by atoms with Gasteiger partial charge in [0.2, 0.25) is 0 Å². The Labute approximate surface area is 169 Å². The molecule has 2 N–H and O–H groups in total. The van der Waals surface area contributed by atoms with E-state index in [0.717, 1.165) is 5.56 Å². The lowest BCUT2D eigenvalue weighted by Gasteiger charge is -2.13. The number of hydrogen-bond acceptors (Lipinski definition) is 5. The molecule has 0 spiro atoms. The molecule has 0 unspecified atom stereocenters. The van der Waals surface area contributed by atoms with Gasteiger partial charge in [-0.15, -0.1) is 0 Å². The highest BCUT2D eigenvalue weighted by atomic mass is 16.6. The van der Waals surface area contributed by atoms with Crippen LogP contribution in [0.1, 0.15) is 21.5 Å². The SMILES string of the molecule is Cc1ccc(C(=O)N/C(=C\c2cccc([N+](=O)[O-])c2)C(=O)NCCN(C)C)cc1. The highest BCUT2D eigenvalue weighted by Gasteiger charge is 2.15. The maximum Gasteiger partial charge on any atom is 0.270 e. The molecule has 0 saturated carbocycles. The van der Waals surface area contributed by atoms with E-state index in [0.29, 0.717) is 24.2 Å². The molecule has 8 nitrogen and oxygen atoms in total. The number of benzene rings is 2. The molecule has 2 aromatic carbocycles. The summed E-state index contributed by atoms with van der Waals surface area (Å²) in [7, 11) is 3.76. The van der Waals surface area contributed by atoms with Crippen molar-refractivity contribution in [2.45, 2.75) is 6.92 Å². The van der Waals surface area contributed by atoms with Crippen molar-refractivity contribution in [3.05, 3.63) is 81.0 Å². The molecule has 0 fully saturated rings. The number of amides is 2. The number of nitro groups is 1. The molecule has 0 atom stereocenters. The van der Waals surface area contributed by atoms with Gasteiger partial charge in [-0.2, -0.15) is 0 Å². The number of carbonyl (C=O) groups is 2. The fraction of sp³-hybridized carbons (Fsp3) is 0.238. The lowest BCUT2D eigenvalue weighted by Crippen LogP contribution is -2.37. The Morgan fingerprint density at radius 3 is 2.45 bits per heavy atom. The summed E-state index contributed by atoms with van der Waals surface area (Å²) >= 11 is 0. The first kappa shape index (κ1) is 21.8. The van der Waals surface area contributed by atoms with Crippen LogP contribution >= 0.6 is 0 Å². The van der Waals surface area contributed by atoms with Gasteiger partial charge in [0, 0.05) is 30.8 Å². The molecule has 0 saturated heterocycles. The van der Waals surface area contributed by atoms with Crippen molar-refractivity contribution in [2.24, 2.45) is 0 Å². The van der Waals surface area contributed by atoms with Gasteiger partial charge < -0.3 is 15.5 Å². The zero-order valence-corrected chi connectivity index (χ0v) is 16.6. The third-order valence-electron chi connectivity index (χ3n) is 4.04. The fourth-order valence-electron chi connectivity index (χ4n) is 2.44. The van der Waals surface area contributed by atoms with Gasteiger partial charge in [-0.3, -0.25) is 19.7 Å². The zero-order valence-electron chi connectivity index (χ0n) is 16.6. The molecule has 2 aromatic rings. The lowest BCUT2D eigenvalue weighted by atomic mass is 10.1. The molecule has 0 aromatic heterocycles. The average Bonchev–Trinajstić information content (AvgIpc) is 2.67. The van der Waals surface area contributed by atoms with Crippen LogP contribution in [0.15, 0.2) is 54.2 Å². The van der Waals surface area contributed by atoms with Crippen LogP contribution in [-0.4, -0.2) is 48.8 Å². The molecule has 0 radical (unpaired) electrons. The summed E-state index contributed by atoms with van der Waals surface area (Å²) in [6.07, 6.45) is 1.42. The molecule has 2 rings (SSSR count). The second kappa shape index (κ2) is 10.1. The van der Waals surface area contributed by atoms with Gasteiger partial charge in [0.1, 0.15) is 5.70 Å². The molecular formula is C21H24N4O4. The monoisotopic (exact) mass is 396 g/mol. The first-order valence-electron chi connectivity index (χ1n) is 9.03. The fourth-order valence-corrected chi connectivity index (χ4v) is 2.44. The van der Waals surface area contributed by atoms with Gasteiger partial charge >= 0.3 is 0 Å². The summed E-state index contributed by atoms with van der Waals surface area (Å²) in [5.74, 6) is -0.914. The van der Waals surface area contributed by atoms with Crippen molar-refractivity contribution in [3.8, 4) is 0 Å². The number of aryl methyl sites for hydroxylation is 1. The Bertz CT molecular complexity index is 921. The lowest BCUT2D eigenvalue weighted by molar-refractivity contribution is -0.384. The van der Waals surface area contributed by atoms with E-state index >= 15 is 0 Å². The van der Waals surface area contributed by atoms with Crippen molar-refractivity contribution < 1.29 is 14.5 Å². The molecule has 0 heterocycles. The summed E-state index contributed by atoms with van der Waals surface area (Å²) in [4.78, 5) is 37.6. The largest absolute Gasteiger partial charge is 0.349 e. The van der Waals surface area contributed by atoms with Crippen molar-refractivity contribution in [1.82, 2.24) is 15.5 Å². The van der Waals surface area contributed by atoms with E-state index in [9.17, 15) is 19.7 Å². The molecule has 0 aliphatic carbocycles. The van der Waals surface area contributed by atoms with Crippen LogP contribution in [0, 0.1) is 17.0 Å². The maximum atomic E-state index is 12.6. The van der Waals surface area contributed by atoms with Crippen molar-refractivity contribution >= 4 is 23.6 Å². The maximum absolute atomic E-state index is 12.6. The minimum atomic E-state index is -0.515. The summed E-state index contributed by atoms with van der Waals surface area (Å²) in [5.41, 5.74) is 1.75. The number of nitrogens with zero attached hydrogens (tertiary/aromatic N) is 2. The molecule has 8 heteroatoms. The minimum Gasteiger partial charge on any atom is -0.349 e. The highest BCUT2D eigenvalue weighted by molar-refractivity contribution is 6.05. The number of likely N-dealkylation sites (N-methyl/N-ethyl adjacent to an activating group) is 1. The summed E-state index contributed by atoms with van der Waals surface area (Å²) in [5, 5.41) is 16.4. The Balaban J connectivity index is 2.28. The van der Waals surface area contributed by atoms with Crippen LogP contribution in [0.4, 0.5) is 5.69 Å². The Kier molecular flexibility index (Phi) is 7.62. The minimum absolute atomic E-state index is 0.00910. The number of rotatable bonds is 8. The highest BCUT2D eigenvalue weighted by Crippen LogP contribution is 2.15. The molecule has 152 valence electrons. The molecule has 29 heavy (non-hydrogen) atoms. The van der Waals surface area contributed by atoms with Gasteiger partial charge in [0.05, 0.1) is 4.92 Å². The van der Waals surface area contributed by atoms with Gasteiger partial charge in [0.25, 0.3) is 17.5 Å². The van der Waals surface area contributed by atoms with Crippen LogP contribution < -0.4 is 10.6 Å². The van der Waals surface area contributed by atoms with Gasteiger partial charge in [-0.05, 0) is 44.8 Å². The van der Waals surface area contributed by atoms with Crippen molar-refractivity contribution in [2.75, 3.05) is 27.2 Å². The number of carbonyl (C=O) groups excluding carboxylic acids is 2. The Morgan fingerprint density at radius 1 is 1.14 bits per heavy atom. The van der Waals surface area contributed by atoms with Crippen LogP contribution in [-0.2, 0) is 4.79 Å². The number of nitro benzene ring substituents is 1. The third-order valence-corrected chi connectivity index (χ3v) is 4.04. The second-order valence-electron chi connectivity index (χ2n) is 6.79. The van der Waals surface area contributed by atoms with Crippen molar-refractivity contribution in [1.29, 1.82) is 0 Å². The molecule has 2 amide bonds. The number of nitrogens with one attached hydrogen (secondary N) is 2. The van der Waals surface area contributed by atoms with Crippen molar-refractivity contribution in [3.63, 3.8) is 0 Å². The zero-order chi connectivity index (χ0) is 21.4. The predicted molar refractivity (Wildman–Crippen MR) is 111 cm³/mol. The standard InChI is InChI=1S/C21H24N4O4/c1-15-7-9-17(10-8-15)20(26)23-19(21(27)22-11-12-24(2)3)14-16-5-4-6-18(13-16)25(28)29/h4-10,13-14H,11-12H2,1-3H3,(H,22,27)(H,23,26)/b19-14-. The van der Waals surface area contributed by atoms with E-state index in [4.69, 9.17) is 0 Å². The Hall–Kier alpha value is -3.52. The smallest absolute Gasteiger partial charge is 0.270 e. The number of non-ortho nitro benzene ring substituents is 1. The van der Waals surface area contributed by atoms with E-state index < -0.39 is 16.7 Å². The van der Waals surface area contributed by atoms with Crippen LogP contribution in [0.25, 0.3) is 6.08 Å². The van der Waals surface area contributed by atoms with E-state index in [1.54, 1.807) is 30.3 Å². The van der Waals surface area contributed by atoms with Gasteiger partial charge in [-0.1, -0.05) is 29.8 Å². The third kappa shape index (κ3) is 6.86. The summed E-state index contributed by atoms with van der Waals surface area (Å²) in [6.45, 7) is 2.92. The quantitative estimate of drug-likeness (QED) is 0.405. The van der Waals surface area contributed by atoms with E-state index in [1.165, 1.54) is 24.3 Å². The van der Waals surface area contributed by atoms with Crippen LogP contribution in [0.5, 0.6) is 0 Å². The van der Waals surface area contributed by atoms with E-state index in [1.807, 2.05) is 25.9 Å². The summed E-state index contributed by atoms with van der Waals surface area (Å²) in [6, 6.07) is 12.8. The first-order valence-corrected chi connectivity index (χ1v) is 9.03. The predicted octanol–water partition coefficient (Wildman–Crippen LogP) is 2.35. The van der Waals surface area contributed by atoms with Crippen LogP contribution in [0.2, 0.25) is 0 Å². The topological polar surface area (TPSA) is 105 Å². The Morgan fingerprint density at radius 2 is 1.83 bits per heavy atom. The first-order chi connectivity index (χ1) is 13.8. The molecule has 0 bridgehead atoms. The molecule has 0 aliphatic rings. The number of hydrogen-bond donors (Lipinski definition) is 2. The second-order valence-corrected chi connectivity index (χ2v) is 6.79. The van der Waals surface area contributed by atoms with E-state index in [2.05, 4.69) is 10.6 Å². The normalized spacial score (nSPS) is 11.2. The summed E-state index contributed by atoms with van der Waals surface area (Å²) < 4.78 is 0. The van der Waals surface area contributed by atoms with Crippen LogP contribution in [0.3, 0.4) is 0 Å². The molecular weight excluding hydrogens is 372 g/mol. The van der Waals surface area contributed by atoms with E-state index in [-0.39, 0.29) is 11.4 Å².